The number of nitrogens with zero attached hydrogens (tertiary/aromatic N) is 2. The van der Waals surface area contributed by atoms with Gasteiger partial charge in [0.1, 0.15) is 10.6 Å². The van der Waals surface area contributed by atoms with Crippen molar-refractivity contribution in [2.45, 2.75) is 17.9 Å². The van der Waals surface area contributed by atoms with E-state index in [4.69, 9.17) is 9.84 Å². The van der Waals surface area contributed by atoms with Crippen LogP contribution in [0.1, 0.15) is 6.92 Å². The summed E-state index contributed by atoms with van der Waals surface area (Å²) in [6.07, 6.45) is 0. The summed E-state index contributed by atoms with van der Waals surface area (Å²) in [6, 6.07) is 2.63. The molecule has 0 bridgehead atoms. The highest BCUT2D eigenvalue weighted by Gasteiger charge is 2.29. The molecule has 0 heterocycles. The third-order valence-electron chi connectivity index (χ3n) is 2.90. The number of benzene rings is 1. The number of sulfonamides is 1. The first-order valence-electron chi connectivity index (χ1n) is 5.67. The molecule has 112 valence electrons. The minimum atomic E-state index is -3.91. The van der Waals surface area contributed by atoms with E-state index in [2.05, 4.69) is 0 Å². The number of aliphatic hydroxyl groups is 1. The average Bonchev–Trinajstić information content (AvgIpc) is 2.44. The van der Waals surface area contributed by atoms with Crippen LogP contribution in [0.5, 0.6) is 5.75 Å². The van der Waals surface area contributed by atoms with Crippen molar-refractivity contribution in [3.05, 3.63) is 28.3 Å². The number of rotatable bonds is 6. The summed E-state index contributed by atoms with van der Waals surface area (Å²) in [5.74, 6) is -0.115. The lowest BCUT2D eigenvalue weighted by Crippen LogP contribution is -2.37. The molecule has 0 fully saturated rings. The highest BCUT2D eigenvalue weighted by atomic mass is 32.2. The number of nitro benzene ring substituents is 1. The fourth-order valence-electron chi connectivity index (χ4n) is 1.49. The second-order valence-electron chi connectivity index (χ2n) is 4.15. The van der Waals surface area contributed by atoms with Gasteiger partial charge < -0.3 is 9.84 Å². The van der Waals surface area contributed by atoms with E-state index in [1.54, 1.807) is 0 Å². The molecule has 1 aromatic rings. The van der Waals surface area contributed by atoms with E-state index < -0.39 is 21.0 Å². The van der Waals surface area contributed by atoms with Crippen LogP contribution in [0.4, 0.5) is 5.69 Å². The van der Waals surface area contributed by atoms with Gasteiger partial charge in [-0.05, 0) is 13.0 Å². The van der Waals surface area contributed by atoms with Gasteiger partial charge >= 0.3 is 0 Å². The van der Waals surface area contributed by atoms with Gasteiger partial charge in [-0.25, -0.2) is 8.42 Å². The van der Waals surface area contributed by atoms with Crippen LogP contribution in [0.2, 0.25) is 0 Å². The highest BCUT2D eigenvalue weighted by molar-refractivity contribution is 7.89. The standard InChI is InChI=1S/C11H16N2O6S/c1-8(7-14)12(2)20(17,18)11-5-4-9(13(15)16)6-10(11)19-3/h4-6,8,14H,7H2,1-3H3. The summed E-state index contributed by atoms with van der Waals surface area (Å²) in [5, 5.41) is 19.7. The van der Waals surface area contributed by atoms with E-state index in [1.165, 1.54) is 21.1 Å². The number of nitro groups is 1. The van der Waals surface area contributed by atoms with Gasteiger partial charge in [-0.3, -0.25) is 10.1 Å². The van der Waals surface area contributed by atoms with Gasteiger partial charge in [0.05, 0.1) is 24.7 Å². The van der Waals surface area contributed by atoms with Crippen molar-refractivity contribution in [3.63, 3.8) is 0 Å². The van der Waals surface area contributed by atoms with Gasteiger partial charge in [0, 0.05) is 19.2 Å². The highest BCUT2D eigenvalue weighted by Crippen LogP contribution is 2.30. The Bertz CT molecular complexity index is 601. The lowest BCUT2D eigenvalue weighted by atomic mass is 10.3. The minimum Gasteiger partial charge on any atom is -0.495 e. The maximum atomic E-state index is 12.4. The topological polar surface area (TPSA) is 110 Å². The Morgan fingerprint density at radius 1 is 1.50 bits per heavy atom. The van der Waals surface area contributed by atoms with Crippen LogP contribution >= 0.6 is 0 Å². The fraction of sp³-hybridized carbons (Fsp3) is 0.455. The van der Waals surface area contributed by atoms with Crippen LogP contribution in [-0.2, 0) is 10.0 Å². The molecule has 1 aromatic carbocycles. The predicted octanol–water partition coefficient (Wildman–Crippen LogP) is 0.605. The van der Waals surface area contributed by atoms with Crippen molar-refractivity contribution in [2.75, 3.05) is 20.8 Å². The molecular weight excluding hydrogens is 288 g/mol. The molecule has 20 heavy (non-hydrogen) atoms. The molecule has 8 nitrogen and oxygen atoms in total. The SMILES string of the molecule is COc1cc([N+](=O)[O-])ccc1S(=O)(=O)N(C)C(C)CO. The van der Waals surface area contributed by atoms with Gasteiger partial charge in [0.2, 0.25) is 10.0 Å². The van der Waals surface area contributed by atoms with Crippen molar-refractivity contribution >= 4 is 15.7 Å². The number of ether oxygens (including phenoxy) is 1. The fourth-order valence-corrected chi connectivity index (χ4v) is 2.98. The van der Waals surface area contributed by atoms with Crippen LogP contribution < -0.4 is 4.74 Å². The lowest BCUT2D eigenvalue weighted by Gasteiger charge is -2.23. The number of hydrogen-bond donors (Lipinski definition) is 1. The summed E-state index contributed by atoms with van der Waals surface area (Å²) in [7, 11) is -1.36. The first-order chi connectivity index (χ1) is 9.25. The summed E-state index contributed by atoms with van der Waals surface area (Å²) >= 11 is 0. The van der Waals surface area contributed by atoms with Gasteiger partial charge in [-0.15, -0.1) is 0 Å². The van der Waals surface area contributed by atoms with Gasteiger partial charge in [-0.2, -0.15) is 4.31 Å². The van der Waals surface area contributed by atoms with E-state index >= 15 is 0 Å². The molecule has 1 unspecified atom stereocenters. The quantitative estimate of drug-likeness (QED) is 0.609. The van der Waals surface area contributed by atoms with Crippen molar-refractivity contribution in [3.8, 4) is 5.75 Å². The monoisotopic (exact) mass is 304 g/mol. The Kier molecular flexibility index (Phi) is 5.03. The smallest absolute Gasteiger partial charge is 0.273 e. The maximum absolute atomic E-state index is 12.4. The molecule has 0 radical (unpaired) electrons. The zero-order valence-corrected chi connectivity index (χ0v) is 12.1. The molecule has 1 rings (SSSR count). The largest absolute Gasteiger partial charge is 0.495 e. The third-order valence-corrected chi connectivity index (χ3v) is 4.91. The van der Waals surface area contributed by atoms with Crippen molar-refractivity contribution in [1.29, 1.82) is 0 Å². The zero-order valence-electron chi connectivity index (χ0n) is 11.3. The van der Waals surface area contributed by atoms with Crippen molar-refractivity contribution in [1.82, 2.24) is 4.31 Å². The van der Waals surface area contributed by atoms with Crippen LogP contribution in [-0.4, -0.2) is 49.6 Å². The molecule has 9 heteroatoms. The number of methoxy groups -OCH3 is 1. The average molecular weight is 304 g/mol. The first kappa shape index (κ1) is 16.3. The zero-order chi connectivity index (χ0) is 15.5. The number of non-ortho nitro benzene ring substituents is 1. The first-order valence-corrected chi connectivity index (χ1v) is 7.11. The predicted molar refractivity (Wildman–Crippen MR) is 71.1 cm³/mol. The Morgan fingerprint density at radius 2 is 2.10 bits per heavy atom. The summed E-state index contributed by atoms with van der Waals surface area (Å²) in [6.45, 7) is 1.19. The minimum absolute atomic E-state index is 0.115. The number of likely N-dealkylation sites (N-methyl/N-ethyl adjacent to an activating group) is 1. The normalized spacial score (nSPS) is 13.2. The molecule has 0 amide bonds. The van der Waals surface area contributed by atoms with Crippen LogP contribution in [0.3, 0.4) is 0 Å². The molecular formula is C11H16N2O6S. The second-order valence-corrected chi connectivity index (χ2v) is 6.11. The summed E-state index contributed by atoms with van der Waals surface area (Å²) in [4.78, 5) is 9.85. The van der Waals surface area contributed by atoms with Crippen LogP contribution in [0.25, 0.3) is 0 Å². The number of hydrogen-bond acceptors (Lipinski definition) is 6. The Labute approximate surface area is 116 Å². The Balaban J connectivity index is 3.35. The summed E-state index contributed by atoms with van der Waals surface area (Å²) in [5.41, 5.74) is -0.265. The Morgan fingerprint density at radius 3 is 2.55 bits per heavy atom. The second kappa shape index (κ2) is 6.16. The van der Waals surface area contributed by atoms with Crippen LogP contribution in [0, 0.1) is 10.1 Å². The molecule has 0 aromatic heterocycles. The maximum Gasteiger partial charge on any atom is 0.273 e. The van der Waals surface area contributed by atoms with Crippen molar-refractivity contribution in [2.24, 2.45) is 0 Å². The number of aliphatic hydroxyl groups excluding tert-OH is 1. The van der Waals surface area contributed by atoms with E-state index in [9.17, 15) is 18.5 Å². The molecule has 0 aliphatic carbocycles. The Hall–Kier alpha value is -1.71. The molecule has 1 atom stereocenters. The molecule has 0 saturated carbocycles. The van der Waals surface area contributed by atoms with Crippen molar-refractivity contribution < 1.29 is 23.2 Å². The van der Waals surface area contributed by atoms with E-state index in [0.717, 1.165) is 22.5 Å². The molecule has 0 aliphatic rings. The van der Waals surface area contributed by atoms with Gasteiger partial charge in [0.15, 0.2) is 0 Å². The van der Waals surface area contributed by atoms with Crippen LogP contribution in [0.15, 0.2) is 23.1 Å². The molecule has 0 aliphatic heterocycles. The van der Waals surface area contributed by atoms with Gasteiger partial charge in [0.25, 0.3) is 5.69 Å². The summed E-state index contributed by atoms with van der Waals surface area (Å²) < 4.78 is 30.6. The molecule has 1 N–H and O–H groups in total. The van der Waals surface area contributed by atoms with E-state index in [1.807, 2.05) is 0 Å². The molecule has 0 saturated heterocycles. The van der Waals surface area contributed by atoms with E-state index in [0.29, 0.717) is 0 Å². The third kappa shape index (κ3) is 3.06. The lowest BCUT2D eigenvalue weighted by molar-refractivity contribution is -0.385. The molecule has 0 spiro atoms. The van der Waals surface area contributed by atoms with Gasteiger partial charge in [-0.1, -0.05) is 0 Å². The van der Waals surface area contributed by atoms with E-state index in [-0.39, 0.29) is 22.9 Å².